The molecule has 2 heterocycles. The van der Waals surface area contributed by atoms with E-state index in [2.05, 4.69) is 35.7 Å². The van der Waals surface area contributed by atoms with Crippen molar-refractivity contribution in [1.29, 1.82) is 0 Å². The number of hydrogen-bond acceptors (Lipinski definition) is 4. The lowest BCUT2D eigenvalue weighted by Gasteiger charge is -2.21. The highest BCUT2D eigenvalue weighted by Crippen LogP contribution is 2.34. The number of nitrogens with zero attached hydrogens (tertiary/aromatic N) is 2. The van der Waals surface area contributed by atoms with Crippen LogP contribution in [0.1, 0.15) is 25.3 Å². The van der Waals surface area contributed by atoms with Crippen molar-refractivity contribution in [2.45, 2.75) is 31.2 Å². The first-order chi connectivity index (χ1) is 14.0. The quantitative estimate of drug-likeness (QED) is 0.502. The molecular formula is C23H27ClN2O3S. The molecule has 5 nitrogen and oxygen atoms in total. The molecule has 0 aliphatic carbocycles. The van der Waals surface area contributed by atoms with Gasteiger partial charge in [0.15, 0.2) is 0 Å². The second-order valence-corrected chi connectivity index (χ2v) is 9.05. The Hall–Kier alpha value is -2.28. The van der Waals surface area contributed by atoms with Crippen molar-refractivity contribution in [3.05, 3.63) is 66.4 Å². The Morgan fingerprint density at radius 3 is 2.53 bits per heavy atom. The van der Waals surface area contributed by atoms with Gasteiger partial charge in [0.25, 0.3) is 0 Å². The van der Waals surface area contributed by atoms with Crippen molar-refractivity contribution in [3.8, 4) is 5.75 Å². The van der Waals surface area contributed by atoms with E-state index in [4.69, 9.17) is 4.18 Å². The maximum absolute atomic E-state index is 12.6. The van der Waals surface area contributed by atoms with E-state index in [-0.39, 0.29) is 17.3 Å². The van der Waals surface area contributed by atoms with Gasteiger partial charge in [-0.1, -0.05) is 31.2 Å². The number of benzene rings is 2. The number of aryl methyl sites for hydroxylation is 1. The minimum absolute atomic E-state index is 0. The van der Waals surface area contributed by atoms with Gasteiger partial charge in [0.1, 0.15) is 10.6 Å². The number of fused-ring (bicyclic) bond motifs is 1. The van der Waals surface area contributed by atoms with Crippen LogP contribution in [0, 0.1) is 0 Å². The summed E-state index contributed by atoms with van der Waals surface area (Å²) in [7, 11) is -1.74. The van der Waals surface area contributed by atoms with Gasteiger partial charge in [-0.05, 0) is 55.8 Å². The SMILES string of the molecule is CCCn1cc(C2=CCN(C)CC2)c2cc(OS(=O)(=O)c3ccccc3)ccc21.Cl. The molecule has 0 amide bonds. The van der Waals surface area contributed by atoms with Crippen LogP contribution < -0.4 is 4.18 Å². The molecule has 160 valence electrons. The zero-order chi connectivity index (χ0) is 20.4. The fraction of sp³-hybridized carbons (Fsp3) is 0.304. The largest absolute Gasteiger partial charge is 0.379 e. The third-order valence-corrected chi connectivity index (χ3v) is 6.57. The summed E-state index contributed by atoms with van der Waals surface area (Å²) in [5.41, 5.74) is 3.58. The molecule has 0 unspecified atom stereocenters. The lowest BCUT2D eigenvalue weighted by molar-refractivity contribution is 0.370. The Morgan fingerprint density at radius 2 is 1.87 bits per heavy atom. The summed E-state index contributed by atoms with van der Waals surface area (Å²) in [6, 6.07) is 13.8. The molecule has 0 fully saturated rings. The molecule has 7 heteroatoms. The van der Waals surface area contributed by atoms with Crippen molar-refractivity contribution in [2.24, 2.45) is 0 Å². The Morgan fingerprint density at radius 1 is 1.10 bits per heavy atom. The summed E-state index contributed by atoms with van der Waals surface area (Å²) in [4.78, 5) is 2.44. The van der Waals surface area contributed by atoms with E-state index in [9.17, 15) is 8.42 Å². The number of hydrogen-bond donors (Lipinski definition) is 0. The van der Waals surface area contributed by atoms with E-state index >= 15 is 0 Å². The first-order valence-electron chi connectivity index (χ1n) is 9.98. The summed E-state index contributed by atoms with van der Waals surface area (Å²) in [6.07, 6.45) is 6.48. The second-order valence-electron chi connectivity index (χ2n) is 7.51. The molecule has 0 bridgehead atoms. The van der Waals surface area contributed by atoms with Crippen LogP contribution in [-0.2, 0) is 16.7 Å². The van der Waals surface area contributed by atoms with Crippen molar-refractivity contribution < 1.29 is 12.6 Å². The predicted molar refractivity (Wildman–Crippen MR) is 124 cm³/mol. The Labute approximate surface area is 184 Å². The lowest BCUT2D eigenvalue weighted by atomic mass is 9.99. The first-order valence-corrected chi connectivity index (χ1v) is 11.4. The van der Waals surface area contributed by atoms with Crippen molar-refractivity contribution in [1.82, 2.24) is 9.47 Å². The molecule has 0 N–H and O–H groups in total. The molecule has 1 aliphatic heterocycles. The van der Waals surface area contributed by atoms with Crippen LogP contribution >= 0.6 is 12.4 Å². The molecular weight excluding hydrogens is 420 g/mol. The minimum Gasteiger partial charge on any atom is -0.379 e. The molecule has 0 atom stereocenters. The fourth-order valence-electron chi connectivity index (χ4n) is 3.79. The molecule has 4 rings (SSSR count). The van der Waals surface area contributed by atoms with Gasteiger partial charge < -0.3 is 13.7 Å². The van der Waals surface area contributed by atoms with E-state index in [1.165, 1.54) is 11.1 Å². The van der Waals surface area contributed by atoms with Crippen LogP contribution in [-0.4, -0.2) is 38.0 Å². The zero-order valence-corrected chi connectivity index (χ0v) is 18.9. The van der Waals surface area contributed by atoms with Gasteiger partial charge in [-0.3, -0.25) is 0 Å². The molecule has 1 aliphatic rings. The topological polar surface area (TPSA) is 51.5 Å². The van der Waals surface area contributed by atoms with Crippen LogP contribution in [0.5, 0.6) is 5.75 Å². The highest BCUT2D eigenvalue weighted by atomic mass is 35.5. The third kappa shape index (κ3) is 4.56. The number of rotatable bonds is 6. The number of aromatic nitrogens is 1. The second kappa shape index (κ2) is 9.25. The maximum atomic E-state index is 12.6. The Kier molecular flexibility index (Phi) is 6.91. The van der Waals surface area contributed by atoms with E-state index in [1.807, 2.05) is 12.1 Å². The highest BCUT2D eigenvalue weighted by Gasteiger charge is 2.19. The summed E-state index contributed by atoms with van der Waals surface area (Å²) in [5, 5.41) is 1.04. The summed E-state index contributed by atoms with van der Waals surface area (Å²) in [5.74, 6) is 0.338. The van der Waals surface area contributed by atoms with E-state index < -0.39 is 10.1 Å². The number of halogens is 1. The monoisotopic (exact) mass is 446 g/mol. The Balaban J connectivity index is 0.00000256. The van der Waals surface area contributed by atoms with Gasteiger partial charge in [-0.25, -0.2) is 0 Å². The molecule has 0 spiro atoms. The van der Waals surface area contributed by atoms with E-state index in [0.717, 1.165) is 43.4 Å². The highest BCUT2D eigenvalue weighted by molar-refractivity contribution is 7.87. The molecule has 0 saturated carbocycles. The van der Waals surface area contributed by atoms with Crippen molar-refractivity contribution in [3.63, 3.8) is 0 Å². The third-order valence-electron chi connectivity index (χ3n) is 5.31. The summed E-state index contributed by atoms with van der Waals surface area (Å²) in [6.45, 7) is 5.02. The van der Waals surface area contributed by atoms with Crippen molar-refractivity contribution >= 4 is 39.0 Å². The van der Waals surface area contributed by atoms with Gasteiger partial charge in [-0.15, -0.1) is 12.4 Å². The molecule has 0 saturated heterocycles. The fourth-order valence-corrected chi connectivity index (χ4v) is 4.73. The summed E-state index contributed by atoms with van der Waals surface area (Å²) >= 11 is 0. The molecule has 3 aromatic rings. The average molecular weight is 447 g/mol. The van der Waals surface area contributed by atoms with Crippen LogP contribution in [0.15, 0.2) is 65.7 Å². The maximum Gasteiger partial charge on any atom is 0.339 e. The zero-order valence-electron chi connectivity index (χ0n) is 17.2. The first kappa shape index (κ1) is 22.4. The van der Waals surface area contributed by atoms with Crippen LogP contribution in [0.2, 0.25) is 0 Å². The minimum atomic E-state index is -3.86. The Bertz CT molecular complexity index is 1150. The van der Waals surface area contributed by atoms with Crippen molar-refractivity contribution in [2.75, 3.05) is 20.1 Å². The predicted octanol–water partition coefficient (Wildman–Crippen LogP) is 4.96. The van der Waals surface area contributed by atoms with Crippen LogP contribution in [0.25, 0.3) is 16.5 Å². The van der Waals surface area contributed by atoms with Gasteiger partial charge >= 0.3 is 10.1 Å². The molecule has 1 aromatic heterocycles. The smallest absolute Gasteiger partial charge is 0.339 e. The average Bonchev–Trinajstić information content (AvgIpc) is 3.07. The number of likely N-dealkylation sites (N-methyl/N-ethyl adjacent to an activating group) is 1. The normalized spacial score (nSPS) is 14.9. The van der Waals surface area contributed by atoms with E-state index in [1.54, 1.807) is 36.4 Å². The molecule has 2 aromatic carbocycles. The van der Waals surface area contributed by atoms with Gasteiger partial charge in [-0.2, -0.15) is 8.42 Å². The van der Waals surface area contributed by atoms with Gasteiger partial charge in [0.2, 0.25) is 0 Å². The van der Waals surface area contributed by atoms with E-state index in [0.29, 0.717) is 5.75 Å². The van der Waals surface area contributed by atoms with Crippen LogP contribution in [0.4, 0.5) is 0 Å². The van der Waals surface area contributed by atoms with Crippen LogP contribution in [0.3, 0.4) is 0 Å². The van der Waals surface area contributed by atoms with Gasteiger partial charge in [0.05, 0.1) is 0 Å². The standard InChI is InChI=1S/C23H26N2O3S.ClH/c1-3-13-25-17-22(18-11-14-24(2)15-12-18)21-16-19(9-10-23(21)25)28-29(26,27)20-7-5-4-6-8-20;/h4-11,16-17H,3,12-15H2,1-2H3;1H. The molecule has 30 heavy (non-hydrogen) atoms. The summed E-state index contributed by atoms with van der Waals surface area (Å²) < 4.78 is 33.0. The molecule has 0 radical (unpaired) electrons. The lowest BCUT2D eigenvalue weighted by Crippen LogP contribution is -2.23. The van der Waals surface area contributed by atoms with Gasteiger partial charge in [0, 0.05) is 42.3 Å².